The third-order valence-electron chi connectivity index (χ3n) is 6.21. The van der Waals surface area contributed by atoms with E-state index in [1.165, 1.54) is 7.11 Å². The Morgan fingerprint density at radius 1 is 1.12 bits per heavy atom. The van der Waals surface area contributed by atoms with Gasteiger partial charge in [0.25, 0.3) is 0 Å². The van der Waals surface area contributed by atoms with Crippen LogP contribution in [-0.4, -0.2) is 55.8 Å². The summed E-state index contributed by atoms with van der Waals surface area (Å²) in [6, 6.07) is 12.0. The maximum atomic E-state index is 13.3. The van der Waals surface area contributed by atoms with E-state index in [9.17, 15) is 4.79 Å². The predicted molar refractivity (Wildman–Crippen MR) is 135 cm³/mol. The molecule has 8 heteroatoms. The van der Waals surface area contributed by atoms with Crippen molar-refractivity contribution < 1.29 is 14.3 Å². The number of likely N-dealkylation sites (N-methyl/N-ethyl adjacent to an activating group) is 1. The number of methoxy groups -OCH3 is 1. The van der Waals surface area contributed by atoms with Gasteiger partial charge in [-0.05, 0) is 49.6 Å². The molecule has 2 aromatic rings. The summed E-state index contributed by atoms with van der Waals surface area (Å²) >= 11 is 0. The first-order chi connectivity index (χ1) is 16.3. The summed E-state index contributed by atoms with van der Waals surface area (Å²) in [6.45, 7) is 3.85. The van der Waals surface area contributed by atoms with Crippen LogP contribution in [0.25, 0.3) is 0 Å². The molecule has 1 aliphatic heterocycles. The van der Waals surface area contributed by atoms with Crippen molar-refractivity contribution in [2.75, 3.05) is 32.1 Å². The standard InChI is InChI=1S/C26H35N5O3/c1-4-5-11-21(30(2)20-10-8-9-18(16-20)24(27)28)26(32)34-22-13-12-19(17-23(22)33-3)25(29)31-14-6-7-15-31/h8-10,12-13,16-17,21,29H,4-7,11,14-15H2,1-3H3,(H3,27,28)/t21-/m1/s1. The fourth-order valence-electron chi connectivity index (χ4n) is 4.14. The lowest BCUT2D eigenvalue weighted by Crippen LogP contribution is -2.41. The van der Waals surface area contributed by atoms with Crippen LogP contribution in [-0.2, 0) is 4.79 Å². The largest absolute Gasteiger partial charge is 0.493 e. The first-order valence-corrected chi connectivity index (χ1v) is 11.8. The highest BCUT2D eigenvalue weighted by Crippen LogP contribution is 2.30. The highest BCUT2D eigenvalue weighted by atomic mass is 16.6. The fourth-order valence-corrected chi connectivity index (χ4v) is 4.14. The Hall–Kier alpha value is -3.55. The normalized spacial score (nSPS) is 13.9. The van der Waals surface area contributed by atoms with Crippen molar-refractivity contribution in [3.63, 3.8) is 0 Å². The van der Waals surface area contributed by atoms with Crippen LogP contribution in [0.3, 0.4) is 0 Å². The molecule has 1 aliphatic rings. The van der Waals surface area contributed by atoms with Crippen molar-refractivity contribution in [3.05, 3.63) is 53.6 Å². The van der Waals surface area contributed by atoms with E-state index >= 15 is 0 Å². The van der Waals surface area contributed by atoms with Crippen molar-refractivity contribution in [3.8, 4) is 11.5 Å². The molecule has 0 saturated carbocycles. The zero-order chi connectivity index (χ0) is 24.7. The molecule has 0 amide bonds. The minimum atomic E-state index is -0.519. The quantitative estimate of drug-likeness (QED) is 0.211. The Morgan fingerprint density at radius 3 is 2.50 bits per heavy atom. The summed E-state index contributed by atoms with van der Waals surface area (Å²) < 4.78 is 11.3. The number of ether oxygens (including phenoxy) is 2. The van der Waals surface area contributed by atoms with E-state index in [0.29, 0.717) is 29.3 Å². The molecule has 4 N–H and O–H groups in total. The van der Waals surface area contributed by atoms with Gasteiger partial charge < -0.3 is 25.0 Å². The number of nitrogen functional groups attached to an aromatic ring is 1. The summed E-state index contributed by atoms with van der Waals surface area (Å²) in [5, 5.41) is 16.2. The molecule has 0 unspecified atom stereocenters. The van der Waals surface area contributed by atoms with Crippen LogP contribution < -0.4 is 20.1 Å². The number of hydrogen-bond acceptors (Lipinski definition) is 6. The van der Waals surface area contributed by atoms with Crippen LogP contribution in [0, 0.1) is 10.8 Å². The van der Waals surface area contributed by atoms with Gasteiger partial charge in [0.05, 0.1) is 7.11 Å². The van der Waals surface area contributed by atoms with Crippen LogP contribution in [0.15, 0.2) is 42.5 Å². The molecular weight excluding hydrogens is 430 g/mol. The summed E-state index contributed by atoms with van der Waals surface area (Å²) in [5.41, 5.74) is 7.77. The average molecular weight is 466 g/mol. The number of anilines is 1. The van der Waals surface area contributed by atoms with E-state index in [1.54, 1.807) is 30.3 Å². The summed E-state index contributed by atoms with van der Waals surface area (Å²) in [4.78, 5) is 17.2. The van der Waals surface area contributed by atoms with Gasteiger partial charge in [-0.15, -0.1) is 0 Å². The smallest absolute Gasteiger partial charge is 0.334 e. The SMILES string of the molecule is CCCC[C@H](C(=O)Oc1ccc(C(=N)N2CCCC2)cc1OC)N(C)c1cccc(C(=N)N)c1. The predicted octanol–water partition coefficient (Wildman–Crippen LogP) is 4.00. The van der Waals surface area contributed by atoms with E-state index in [1.807, 2.05) is 29.0 Å². The Morgan fingerprint density at radius 2 is 1.85 bits per heavy atom. The van der Waals surface area contributed by atoms with Crippen LogP contribution in [0.2, 0.25) is 0 Å². The Labute approximate surface area is 201 Å². The lowest BCUT2D eigenvalue weighted by atomic mass is 10.1. The number of unbranched alkanes of at least 4 members (excludes halogenated alkanes) is 1. The molecule has 1 fully saturated rings. The molecule has 8 nitrogen and oxygen atoms in total. The van der Waals surface area contributed by atoms with Gasteiger partial charge in [-0.25, -0.2) is 4.79 Å². The number of nitrogens with two attached hydrogens (primary N) is 1. The number of amidine groups is 2. The van der Waals surface area contributed by atoms with E-state index in [-0.39, 0.29) is 11.8 Å². The zero-order valence-corrected chi connectivity index (χ0v) is 20.3. The molecule has 0 spiro atoms. The van der Waals surface area contributed by atoms with Crippen LogP contribution >= 0.6 is 0 Å². The highest BCUT2D eigenvalue weighted by molar-refractivity contribution is 5.97. The Bertz CT molecular complexity index is 1030. The van der Waals surface area contributed by atoms with Gasteiger partial charge in [-0.1, -0.05) is 31.9 Å². The molecule has 0 aliphatic carbocycles. The molecule has 0 aromatic heterocycles. The maximum absolute atomic E-state index is 13.3. The summed E-state index contributed by atoms with van der Waals surface area (Å²) in [5.74, 6) is 0.805. The van der Waals surface area contributed by atoms with Crippen molar-refractivity contribution in [2.24, 2.45) is 5.73 Å². The number of nitrogens with zero attached hydrogens (tertiary/aromatic N) is 2. The molecule has 0 bridgehead atoms. The van der Waals surface area contributed by atoms with Gasteiger partial charge in [0.1, 0.15) is 17.7 Å². The number of likely N-dealkylation sites (tertiary alicyclic amines) is 1. The number of esters is 1. The van der Waals surface area contributed by atoms with Crippen LogP contribution in [0.4, 0.5) is 5.69 Å². The Kier molecular flexibility index (Phi) is 8.51. The molecule has 0 radical (unpaired) electrons. The number of rotatable bonds is 10. The lowest BCUT2D eigenvalue weighted by Gasteiger charge is -2.29. The average Bonchev–Trinajstić information content (AvgIpc) is 3.39. The third-order valence-corrected chi connectivity index (χ3v) is 6.21. The molecule has 2 aromatic carbocycles. The van der Waals surface area contributed by atoms with Gasteiger partial charge >= 0.3 is 5.97 Å². The van der Waals surface area contributed by atoms with Gasteiger partial charge in [0.15, 0.2) is 11.5 Å². The fraction of sp³-hybridized carbons (Fsp3) is 0.423. The number of hydrogen-bond donors (Lipinski definition) is 3. The summed E-state index contributed by atoms with van der Waals surface area (Å²) in [6.07, 6.45) is 4.62. The van der Waals surface area contributed by atoms with Crippen LogP contribution in [0.1, 0.15) is 50.2 Å². The minimum absolute atomic E-state index is 0.0211. The number of carbonyl (C=O) groups excluding carboxylic acids is 1. The molecule has 1 atom stereocenters. The minimum Gasteiger partial charge on any atom is -0.493 e. The molecule has 3 rings (SSSR count). The van der Waals surface area contributed by atoms with Gasteiger partial charge in [0.2, 0.25) is 0 Å². The van der Waals surface area contributed by atoms with Crippen LogP contribution in [0.5, 0.6) is 11.5 Å². The van der Waals surface area contributed by atoms with Gasteiger partial charge in [0, 0.05) is 37.0 Å². The highest BCUT2D eigenvalue weighted by Gasteiger charge is 2.27. The van der Waals surface area contributed by atoms with Gasteiger partial charge in [-0.2, -0.15) is 0 Å². The van der Waals surface area contributed by atoms with E-state index in [0.717, 1.165) is 50.0 Å². The maximum Gasteiger partial charge on any atom is 0.334 e. The molecule has 182 valence electrons. The van der Waals surface area contributed by atoms with Crippen molar-refractivity contribution in [2.45, 2.75) is 45.1 Å². The molecule has 1 saturated heterocycles. The monoisotopic (exact) mass is 465 g/mol. The first-order valence-electron chi connectivity index (χ1n) is 11.8. The van der Waals surface area contributed by atoms with E-state index in [4.69, 9.17) is 26.0 Å². The number of benzene rings is 2. The second kappa shape index (κ2) is 11.5. The Balaban J connectivity index is 1.81. The second-order valence-electron chi connectivity index (χ2n) is 8.56. The third kappa shape index (κ3) is 5.87. The van der Waals surface area contributed by atoms with Crippen molar-refractivity contribution >= 4 is 23.3 Å². The topological polar surface area (TPSA) is 116 Å². The van der Waals surface area contributed by atoms with Crippen molar-refractivity contribution in [1.82, 2.24) is 4.90 Å². The second-order valence-corrected chi connectivity index (χ2v) is 8.56. The van der Waals surface area contributed by atoms with Crippen molar-refractivity contribution in [1.29, 1.82) is 10.8 Å². The van der Waals surface area contributed by atoms with Gasteiger partial charge in [-0.3, -0.25) is 10.8 Å². The zero-order valence-electron chi connectivity index (χ0n) is 20.3. The molecular formula is C26H35N5O3. The van der Waals surface area contributed by atoms with E-state index in [2.05, 4.69) is 6.92 Å². The molecule has 1 heterocycles. The first kappa shape index (κ1) is 25.1. The van der Waals surface area contributed by atoms with E-state index < -0.39 is 6.04 Å². The molecule has 34 heavy (non-hydrogen) atoms. The lowest BCUT2D eigenvalue weighted by molar-refractivity contribution is -0.136. The summed E-state index contributed by atoms with van der Waals surface area (Å²) in [7, 11) is 3.38. The number of nitrogens with one attached hydrogen (secondary N) is 2. The number of carbonyl (C=O) groups is 1.